The summed E-state index contributed by atoms with van der Waals surface area (Å²) in [5, 5.41) is 14.6. The van der Waals surface area contributed by atoms with E-state index in [1.165, 1.54) is 6.42 Å². The van der Waals surface area contributed by atoms with Gasteiger partial charge in [-0.2, -0.15) is 5.26 Å². The lowest BCUT2D eigenvalue weighted by Crippen LogP contribution is -2.41. The molecule has 4 nitrogen and oxygen atoms in total. The van der Waals surface area contributed by atoms with Crippen LogP contribution in [0, 0.1) is 17.2 Å². The van der Waals surface area contributed by atoms with E-state index in [4.69, 9.17) is 4.74 Å². The quantitative estimate of drug-likeness (QED) is 0.656. The van der Waals surface area contributed by atoms with Crippen LogP contribution in [0.3, 0.4) is 0 Å². The summed E-state index contributed by atoms with van der Waals surface area (Å²) in [5.41, 5.74) is 0.867. The SMILES string of the molecule is COc1ccc2ccccc2c1/C=C(\C#N)C(=O)N[C@@H]1CCCC[C@@H]1C. The van der Waals surface area contributed by atoms with E-state index in [0.717, 1.165) is 35.6 Å². The molecule has 0 aromatic heterocycles. The highest BCUT2D eigenvalue weighted by molar-refractivity contribution is 6.05. The predicted octanol–water partition coefficient (Wildman–Crippen LogP) is 4.45. The Balaban J connectivity index is 1.95. The number of carbonyl (C=O) groups excluding carboxylic acids is 1. The number of carbonyl (C=O) groups is 1. The second kappa shape index (κ2) is 8.05. The summed E-state index contributed by atoms with van der Waals surface area (Å²) < 4.78 is 5.46. The minimum atomic E-state index is -0.304. The maximum atomic E-state index is 12.7. The molecule has 0 heterocycles. The van der Waals surface area contributed by atoms with E-state index < -0.39 is 0 Å². The zero-order valence-electron chi connectivity index (χ0n) is 15.3. The van der Waals surface area contributed by atoms with E-state index in [1.807, 2.05) is 36.4 Å². The van der Waals surface area contributed by atoms with Crippen molar-refractivity contribution < 1.29 is 9.53 Å². The van der Waals surface area contributed by atoms with Crippen molar-refractivity contribution in [2.75, 3.05) is 7.11 Å². The van der Waals surface area contributed by atoms with Crippen LogP contribution in [0.15, 0.2) is 42.0 Å². The zero-order chi connectivity index (χ0) is 18.5. The number of benzene rings is 2. The maximum Gasteiger partial charge on any atom is 0.262 e. The molecule has 134 valence electrons. The number of rotatable bonds is 4. The van der Waals surface area contributed by atoms with Gasteiger partial charge < -0.3 is 10.1 Å². The first-order chi connectivity index (χ1) is 12.6. The van der Waals surface area contributed by atoms with Crippen LogP contribution in [-0.4, -0.2) is 19.1 Å². The van der Waals surface area contributed by atoms with Gasteiger partial charge in [-0.15, -0.1) is 0 Å². The molecule has 0 aliphatic heterocycles. The molecule has 26 heavy (non-hydrogen) atoms. The molecule has 1 aliphatic rings. The van der Waals surface area contributed by atoms with E-state index in [2.05, 4.69) is 18.3 Å². The van der Waals surface area contributed by atoms with Gasteiger partial charge in [0.15, 0.2) is 0 Å². The predicted molar refractivity (Wildman–Crippen MR) is 104 cm³/mol. The number of methoxy groups -OCH3 is 1. The fourth-order valence-electron chi connectivity index (χ4n) is 3.67. The van der Waals surface area contributed by atoms with Gasteiger partial charge in [-0.3, -0.25) is 4.79 Å². The van der Waals surface area contributed by atoms with Gasteiger partial charge in [0.25, 0.3) is 5.91 Å². The molecule has 3 rings (SSSR count). The maximum absolute atomic E-state index is 12.7. The Labute approximate surface area is 154 Å². The minimum absolute atomic E-state index is 0.109. The molecule has 2 aromatic rings. The van der Waals surface area contributed by atoms with Crippen molar-refractivity contribution in [3.05, 3.63) is 47.5 Å². The molecular weight excluding hydrogens is 324 g/mol. The van der Waals surface area contributed by atoms with E-state index in [9.17, 15) is 10.1 Å². The van der Waals surface area contributed by atoms with Crippen LogP contribution in [0.5, 0.6) is 5.75 Å². The second-order valence-electron chi connectivity index (χ2n) is 6.91. The van der Waals surface area contributed by atoms with Crippen molar-refractivity contribution in [1.29, 1.82) is 5.26 Å². The normalized spacial score (nSPS) is 20.4. The van der Waals surface area contributed by atoms with Crippen LogP contribution in [0.1, 0.15) is 38.2 Å². The second-order valence-corrected chi connectivity index (χ2v) is 6.91. The van der Waals surface area contributed by atoms with Crippen molar-refractivity contribution in [1.82, 2.24) is 5.32 Å². The number of nitrogens with zero attached hydrogens (tertiary/aromatic N) is 1. The average molecular weight is 348 g/mol. The van der Waals surface area contributed by atoms with Crippen LogP contribution >= 0.6 is 0 Å². The summed E-state index contributed by atoms with van der Waals surface area (Å²) >= 11 is 0. The first kappa shape index (κ1) is 18.0. The van der Waals surface area contributed by atoms with Gasteiger partial charge in [0.1, 0.15) is 17.4 Å². The molecule has 2 aromatic carbocycles. The molecule has 1 saturated carbocycles. The first-order valence-electron chi connectivity index (χ1n) is 9.12. The smallest absolute Gasteiger partial charge is 0.262 e. The lowest BCUT2D eigenvalue weighted by atomic mass is 9.86. The number of hydrogen-bond donors (Lipinski definition) is 1. The van der Waals surface area contributed by atoms with Crippen molar-refractivity contribution in [2.45, 2.75) is 38.6 Å². The summed E-state index contributed by atoms with van der Waals surface area (Å²) in [7, 11) is 1.59. The van der Waals surface area contributed by atoms with Crippen LogP contribution in [0.4, 0.5) is 0 Å². The van der Waals surface area contributed by atoms with Crippen molar-refractivity contribution >= 4 is 22.8 Å². The lowest BCUT2D eigenvalue weighted by Gasteiger charge is -2.29. The third-order valence-corrected chi connectivity index (χ3v) is 5.23. The number of hydrogen-bond acceptors (Lipinski definition) is 3. The van der Waals surface area contributed by atoms with Gasteiger partial charge in [-0.25, -0.2) is 0 Å². The topological polar surface area (TPSA) is 62.1 Å². The molecule has 0 saturated heterocycles. The summed E-state index contributed by atoms with van der Waals surface area (Å²) in [6.07, 6.45) is 6.07. The number of amides is 1. The molecule has 2 atom stereocenters. The molecule has 0 unspecified atom stereocenters. The van der Waals surface area contributed by atoms with Gasteiger partial charge >= 0.3 is 0 Å². The monoisotopic (exact) mass is 348 g/mol. The Kier molecular flexibility index (Phi) is 5.58. The summed E-state index contributed by atoms with van der Waals surface area (Å²) in [6, 6.07) is 13.9. The highest BCUT2D eigenvalue weighted by Gasteiger charge is 2.24. The van der Waals surface area contributed by atoms with Crippen molar-refractivity contribution in [3.63, 3.8) is 0 Å². The van der Waals surface area contributed by atoms with Crippen LogP contribution < -0.4 is 10.1 Å². The summed E-state index contributed by atoms with van der Waals surface area (Å²) in [5.74, 6) is 0.788. The molecule has 0 bridgehead atoms. The molecule has 0 radical (unpaired) electrons. The first-order valence-corrected chi connectivity index (χ1v) is 9.12. The Morgan fingerprint density at radius 3 is 2.73 bits per heavy atom. The van der Waals surface area contributed by atoms with Gasteiger partial charge in [-0.1, -0.05) is 50.1 Å². The van der Waals surface area contributed by atoms with Gasteiger partial charge in [-0.05, 0) is 41.7 Å². The van der Waals surface area contributed by atoms with Crippen molar-refractivity contribution in [2.24, 2.45) is 5.92 Å². The van der Waals surface area contributed by atoms with Gasteiger partial charge in [0.05, 0.1) is 7.11 Å². The van der Waals surface area contributed by atoms with Crippen LogP contribution in [0.2, 0.25) is 0 Å². The molecule has 1 fully saturated rings. The molecule has 0 spiro atoms. The number of ether oxygens (including phenoxy) is 1. The number of fused-ring (bicyclic) bond motifs is 1. The average Bonchev–Trinajstić information content (AvgIpc) is 2.67. The Hall–Kier alpha value is -2.80. The Morgan fingerprint density at radius 2 is 2.00 bits per heavy atom. The van der Waals surface area contributed by atoms with E-state index in [1.54, 1.807) is 13.2 Å². The molecule has 4 heteroatoms. The van der Waals surface area contributed by atoms with E-state index >= 15 is 0 Å². The fraction of sp³-hybridized carbons (Fsp3) is 0.364. The third kappa shape index (κ3) is 3.72. The third-order valence-electron chi connectivity index (χ3n) is 5.23. The molecular formula is C22H24N2O2. The van der Waals surface area contributed by atoms with Crippen LogP contribution in [0.25, 0.3) is 16.8 Å². The molecule has 1 amide bonds. The highest BCUT2D eigenvalue weighted by atomic mass is 16.5. The van der Waals surface area contributed by atoms with Gasteiger partial charge in [0, 0.05) is 11.6 Å². The standard InChI is InChI=1S/C22H24N2O2/c1-15-7-3-6-10-20(15)24-22(25)17(14-23)13-19-18-9-5-4-8-16(18)11-12-21(19)26-2/h4-5,8-9,11-13,15,20H,3,6-7,10H2,1-2H3,(H,24,25)/b17-13+/t15-,20+/m0/s1. The summed E-state index contributed by atoms with van der Waals surface area (Å²) in [4.78, 5) is 12.7. The number of nitriles is 1. The van der Waals surface area contributed by atoms with Crippen LogP contribution in [-0.2, 0) is 4.79 Å². The molecule has 1 N–H and O–H groups in total. The Morgan fingerprint density at radius 1 is 1.23 bits per heavy atom. The summed E-state index contributed by atoms with van der Waals surface area (Å²) in [6.45, 7) is 2.16. The largest absolute Gasteiger partial charge is 0.496 e. The zero-order valence-corrected chi connectivity index (χ0v) is 15.3. The molecule has 1 aliphatic carbocycles. The van der Waals surface area contributed by atoms with Gasteiger partial charge in [0.2, 0.25) is 0 Å². The van der Waals surface area contributed by atoms with Crippen molar-refractivity contribution in [3.8, 4) is 11.8 Å². The van der Waals surface area contributed by atoms with E-state index in [-0.39, 0.29) is 17.5 Å². The highest BCUT2D eigenvalue weighted by Crippen LogP contribution is 2.30. The number of nitrogens with one attached hydrogen (secondary N) is 1. The Bertz CT molecular complexity index is 879. The van der Waals surface area contributed by atoms with E-state index in [0.29, 0.717) is 11.7 Å². The lowest BCUT2D eigenvalue weighted by molar-refractivity contribution is -0.118. The minimum Gasteiger partial charge on any atom is -0.496 e. The fourth-order valence-corrected chi connectivity index (χ4v) is 3.67.